The summed E-state index contributed by atoms with van der Waals surface area (Å²) in [5, 5.41) is 5.85. The van der Waals surface area contributed by atoms with Gasteiger partial charge < -0.3 is 10.6 Å². The number of amides is 2. The molecule has 1 atom stereocenters. The zero-order valence-electron chi connectivity index (χ0n) is 13.1. The van der Waals surface area contributed by atoms with Gasteiger partial charge in [-0.15, -0.1) is 0 Å². The summed E-state index contributed by atoms with van der Waals surface area (Å²) in [6.45, 7) is 1.84. The number of nitrogens with zero attached hydrogens (tertiary/aromatic N) is 1. The van der Waals surface area contributed by atoms with E-state index in [9.17, 15) is 14.0 Å². The maximum Gasteiger partial charge on any atom is 0.238 e. The molecule has 2 aliphatic rings. The molecule has 1 unspecified atom stereocenters. The number of carbonyl (C=O) groups excluding carboxylic acids is 2. The van der Waals surface area contributed by atoms with Crippen LogP contribution < -0.4 is 10.6 Å². The largest absolute Gasteiger partial charge is 0.352 e. The van der Waals surface area contributed by atoms with Crippen LogP contribution in [-0.4, -0.2) is 42.4 Å². The van der Waals surface area contributed by atoms with Crippen LogP contribution in [0.3, 0.4) is 0 Å². The highest BCUT2D eigenvalue weighted by molar-refractivity contribution is 5.92. The van der Waals surface area contributed by atoms with Crippen molar-refractivity contribution in [2.45, 2.75) is 31.7 Å². The molecule has 2 fully saturated rings. The number of hydrogen-bond donors (Lipinski definition) is 2. The molecular weight excluding hydrogens is 297 g/mol. The predicted octanol–water partition coefficient (Wildman–Crippen LogP) is 1.75. The maximum absolute atomic E-state index is 12.8. The Morgan fingerprint density at radius 3 is 2.61 bits per heavy atom. The van der Waals surface area contributed by atoms with Gasteiger partial charge in [0.15, 0.2) is 0 Å². The van der Waals surface area contributed by atoms with E-state index >= 15 is 0 Å². The van der Waals surface area contributed by atoms with Gasteiger partial charge in [0.2, 0.25) is 11.8 Å². The minimum atomic E-state index is -0.326. The number of hydrogen-bond acceptors (Lipinski definition) is 3. The Kier molecular flexibility index (Phi) is 4.91. The molecule has 1 saturated heterocycles. The molecule has 0 radical (unpaired) electrons. The maximum atomic E-state index is 12.8. The molecule has 23 heavy (non-hydrogen) atoms. The Balaban J connectivity index is 1.45. The summed E-state index contributed by atoms with van der Waals surface area (Å²) in [7, 11) is 0. The van der Waals surface area contributed by atoms with Crippen LogP contribution in [0.2, 0.25) is 0 Å². The second-order valence-electron chi connectivity index (χ2n) is 6.41. The van der Waals surface area contributed by atoms with Crippen molar-refractivity contribution in [2.24, 2.45) is 5.92 Å². The van der Waals surface area contributed by atoms with Crippen molar-refractivity contribution in [1.29, 1.82) is 0 Å². The molecule has 2 N–H and O–H groups in total. The van der Waals surface area contributed by atoms with Gasteiger partial charge in [-0.3, -0.25) is 14.5 Å². The molecule has 5 nitrogen and oxygen atoms in total. The van der Waals surface area contributed by atoms with Crippen LogP contribution in [0.4, 0.5) is 10.1 Å². The summed E-state index contributed by atoms with van der Waals surface area (Å²) in [4.78, 5) is 26.0. The first-order valence-corrected chi connectivity index (χ1v) is 8.18. The smallest absolute Gasteiger partial charge is 0.238 e. The summed E-state index contributed by atoms with van der Waals surface area (Å²) in [5.74, 6) is -0.0705. The molecule has 0 aromatic heterocycles. The average molecular weight is 319 g/mol. The van der Waals surface area contributed by atoms with E-state index in [1.165, 1.54) is 12.1 Å². The third-order valence-corrected chi connectivity index (χ3v) is 4.30. The van der Waals surface area contributed by atoms with Crippen LogP contribution >= 0.6 is 0 Å². The summed E-state index contributed by atoms with van der Waals surface area (Å²) >= 11 is 0. The molecule has 2 amide bonds. The first-order valence-electron chi connectivity index (χ1n) is 8.18. The van der Waals surface area contributed by atoms with Gasteiger partial charge in [-0.05, 0) is 56.5 Å². The fourth-order valence-corrected chi connectivity index (χ4v) is 2.92. The molecule has 1 aromatic carbocycles. The van der Waals surface area contributed by atoms with E-state index in [-0.39, 0.29) is 36.1 Å². The zero-order chi connectivity index (χ0) is 16.2. The number of anilines is 1. The third-order valence-electron chi connectivity index (χ3n) is 4.30. The summed E-state index contributed by atoms with van der Waals surface area (Å²) in [6, 6.07) is 5.86. The topological polar surface area (TPSA) is 61.4 Å². The van der Waals surface area contributed by atoms with Gasteiger partial charge in [0.25, 0.3) is 0 Å². The standard InChI is InChI=1S/C17H22FN3O2/c18-13-5-7-14(8-6-13)19-16(22)11-21-9-1-2-15(10-21)20-17(23)12-3-4-12/h5-8,12,15H,1-4,9-11H2,(H,19,22)(H,20,23). The fraction of sp³-hybridized carbons (Fsp3) is 0.529. The van der Waals surface area contributed by atoms with E-state index in [0.717, 1.165) is 32.2 Å². The second-order valence-corrected chi connectivity index (χ2v) is 6.41. The van der Waals surface area contributed by atoms with Gasteiger partial charge >= 0.3 is 0 Å². The highest BCUT2D eigenvalue weighted by atomic mass is 19.1. The van der Waals surface area contributed by atoms with Crippen LogP contribution in [-0.2, 0) is 9.59 Å². The molecule has 1 aliphatic carbocycles. The van der Waals surface area contributed by atoms with E-state index in [4.69, 9.17) is 0 Å². The van der Waals surface area contributed by atoms with Gasteiger partial charge in [0, 0.05) is 24.2 Å². The van der Waals surface area contributed by atoms with E-state index < -0.39 is 0 Å². The Labute approximate surface area is 135 Å². The lowest BCUT2D eigenvalue weighted by atomic mass is 10.1. The Hall–Kier alpha value is -1.95. The predicted molar refractivity (Wildman–Crippen MR) is 85.4 cm³/mol. The van der Waals surface area contributed by atoms with Crippen LogP contribution in [0.15, 0.2) is 24.3 Å². The molecule has 6 heteroatoms. The highest BCUT2D eigenvalue weighted by Gasteiger charge is 2.32. The number of carbonyl (C=O) groups is 2. The number of likely N-dealkylation sites (tertiary alicyclic amines) is 1. The average Bonchev–Trinajstić information content (AvgIpc) is 3.35. The van der Waals surface area contributed by atoms with E-state index in [0.29, 0.717) is 12.2 Å². The Bertz CT molecular complexity index is 572. The summed E-state index contributed by atoms with van der Waals surface area (Å²) in [6.07, 6.45) is 3.94. The van der Waals surface area contributed by atoms with Gasteiger partial charge in [-0.1, -0.05) is 0 Å². The molecule has 0 bridgehead atoms. The monoisotopic (exact) mass is 319 g/mol. The Morgan fingerprint density at radius 2 is 1.91 bits per heavy atom. The van der Waals surface area contributed by atoms with Gasteiger partial charge in [-0.25, -0.2) is 4.39 Å². The lowest BCUT2D eigenvalue weighted by molar-refractivity contribution is -0.123. The summed E-state index contributed by atoms with van der Waals surface area (Å²) < 4.78 is 12.8. The zero-order valence-corrected chi connectivity index (χ0v) is 13.1. The first kappa shape index (κ1) is 15.9. The number of benzene rings is 1. The summed E-state index contributed by atoms with van der Waals surface area (Å²) in [5.41, 5.74) is 0.590. The van der Waals surface area contributed by atoms with Crippen LogP contribution in [0.25, 0.3) is 0 Å². The molecule has 124 valence electrons. The third kappa shape index (κ3) is 4.76. The van der Waals surface area contributed by atoms with Crippen molar-refractivity contribution in [3.8, 4) is 0 Å². The number of halogens is 1. The molecule has 1 heterocycles. The molecule has 3 rings (SSSR count). The molecule has 1 saturated carbocycles. The lowest BCUT2D eigenvalue weighted by Crippen LogP contribution is -2.49. The SMILES string of the molecule is O=C(CN1CCCC(NC(=O)C2CC2)C1)Nc1ccc(F)cc1. The normalized spacial score (nSPS) is 21.7. The van der Waals surface area contributed by atoms with E-state index in [2.05, 4.69) is 15.5 Å². The fourth-order valence-electron chi connectivity index (χ4n) is 2.92. The van der Waals surface area contributed by atoms with Crippen molar-refractivity contribution in [2.75, 3.05) is 25.0 Å². The van der Waals surface area contributed by atoms with Crippen LogP contribution in [0.1, 0.15) is 25.7 Å². The Morgan fingerprint density at radius 1 is 1.17 bits per heavy atom. The quantitative estimate of drug-likeness (QED) is 0.869. The molecule has 1 aromatic rings. The first-order chi connectivity index (χ1) is 11.1. The van der Waals surface area contributed by atoms with Crippen LogP contribution in [0.5, 0.6) is 0 Å². The minimum Gasteiger partial charge on any atom is -0.352 e. The van der Waals surface area contributed by atoms with Crippen molar-refractivity contribution < 1.29 is 14.0 Å². The van der Waals surface area contributed by atoms with Gasteiger partial charge in [-0.2, -0.15) is 0 Å². The minimum absolute atomic E-state index is 0.120. The van der Waals surface area contributed by atoms with Gasteiger partial charge in [0.1, 0.15) is 5.82 Å². The molecule has 0 spiro atoms. The number of piperidine rings is 1. The van der Waals surface area contributed by atoms with Crippen molar-refractivity contribution >= 4 is 17.5 Å². The van der Waals surface area contributed by atoms with Crippen LogP contribution in [0, 0.1) is 11.7 Å². The van der Waals surface area contributed by atoms with Crippen molar-refractivity contribution in [1.82, 2.24) is 10.2 Å². The molecule has 1 aliphatic heterocycles. The van der Waals surface area contributed by atoms with E-state index in [1.54, 1.807) is 12.1 Å². The second kappa shape index (κ2) is 7.08. The number of nitrogens with one attached hydrogen (secondary N) is 2. The van der Waals surface area contributed by atoms with E-state index in [1.807, 2.05) is 0 Å². The van der Waals surface area contributed by atoms with Gasteiger partial charge in [0.05, 0.1) is 6.54 Å². The van der Waals surface area contributed by atoms with Crippen molar-refractivity contribution in [3.63, 3.8) is 0 Å². The highest BCUT2D eigenvalue weighted by Crippen LogP contribution is 2.29. The lowest BCUT2D eigenvalue weighted by Gasteiger charge is -2.32. The molecular formula is C17H22FN3O2. The number of rotatable bonds is 5. The van der Waals surface area contributed by atoms with Crippen molar-refractivity contribution in [3.05, 3.63) is 30.1 Å².